The van der Waals surface area contributed by atoms with Crippen LogP contribution in [0.15, 0.2) is 72.8 Å². The largest absolute Gasteiger partial charge is 0.481 e. The van der Waals surface area contributed by atoms with Crippen LogP contribution in [0.5, 0.6) is 5.75 Å². The maximum absolute atomic E-state index is 13.2. The lowest BCUT2D eigenvalue weighted by Crippen LogP contribution is -2.37. The highest BCUT2D eigenvalue weighted by Gasteiger charge is 2.28. The fourth-order valence-corrected chi connectivity index (χ4v) is 3.61. The van der Waals surface area contributed by atoms with Crippen molar-refractivity contribution in [2.75, 3.05) is 5.32 Å². The minimum absolute atomic E-state index is 0.117. The number of hydrogen-bond donors (Lipinski definition) is 1. The Morgan fingerprint density at radius 3 is 2.55 bits per heavy atom. The van der Waals surface area contributed by atoms with Gasteiger partial charge >= 0.3 is 0 Å². The number of amides is 2. The average Bonchev–Trinajstić information content (AvgIpc) is 2.87. The first-order chi connectivity index (χ1) is 15.0. The van der Waals surface area contributed by atoms with E-state index in [-0.39, 0.29) is 24.1 Å². The summed E-state index contributed by atoms with van der Waals surface area (Å²) in [5.74, 6) is 0.0379. The van der Waals surface area contributed by atoms with E-state index in [4.69, 9.17) is 4.74 Å². The summed E-state index contributed by atoms with van der Waals surface area (Å²) in [6, 6.07) is 21.0. The van der Waals surface area contributed by atoms with E-state index in [1.54, 1.807) is 36.1 Å². The summed E-state index contributed by atoms with van der Waals surface area (Å²) in [5, 5.41) is 2.91. The van der Waals surface area contributed by atoms with Crippen molar-refractivity contribution in [2.45, 2.75) is 32.5 Å². The topological polar surface area (TPSA) is 58.6 Å². The van der Waals surface area contributed by atoms with Crippen LogP contribution in [0.2, 0.25) is 0 Å². The van der Waals surface area contributed by atoms with E-state index in [9.17, 15) is 14.0 Å². The van der Waals surface area contributed by atoms with Crippen molar-refractivity contribution >= 4 is 17.5 Å². The van der Waals surface area contributed by atoms with Gasteiger partial charge in [0.2, 0.25) is 5.91 Å². The molecule has 1 aliphatic heterocycles. The molecule has 2 amide bonds. The van der Waals surface area contributed by atoms with E-state index in [2.05, 4.69) is 5.32 Å². The van der Waals surface area contributed by atoms with Crippen LogP contribution in [0.1, 0.15) is 23.6 Å². The Kier molecular flexibility index (Phi) is 5.98. The molecule has 31 heavy (non-hydrogen) atoms. The second-order valence-electron chi connectivity index (χ2n) is 7.61. The Morgan fingerprint density at radius 1 is 1.06 bits per heavy atom. The summed E-state index contributed by atoms with van der Waals surface area (Å²) in [4.78, 5) is 26.9. The smallest absolute Gasteiger partial charge is 0.263 e. The van der Waals surface area contributed by atoms with Crippen LogP contribution in [-0.2, 0) is 29.1 Å². The van der Waals surface area contributed by atoms with Crippen molar-refractivity contribution in [1.29, 1.82) is 0 Å². The zero-order valence-corrected chi connectivity index (χ0v) is 17.2. The highest BCUT2D eigenvalue weighted by atomic mass is 19.1. The van der Waals surface area contributed by atoms with Crippen LogP contribution in [0.3, 0.4) is 0 Å². The Labute approximate surface area is 180 Å². The van der Waals surface area contributed by atoms with Crippen LogP contribution in [0.4, 0.5) is 10.1 Å². The summed E-state index contributed by atoms with van der Waals surface area (Å²) < 4.78 is 19.1. The standard InChI is InChI=1S/C25H23FN2O3/c1-17-25(30)28(15-19-7-9-21(26)10-8-19)16-20-14-22(11-12-23(20)31-17)27-24(29)13-18-5-3-2-4-6-18/h2-12,14,17H,13,15-16H2,1H3,(H,27,29)/t17-/m1/s1. The van der Waals surface area contributed by atoms with Crippen molar-refractivity contribution in [3.05, 3.63) is 95.3 Å². The van der Waals surface area contributed by atoms with Gasteiger partial charge in [-0.1, -0.05) is 42.5 Å². The Hall–Kier alpha value is -3.67. The Balaban J connectivity index is 1.51. The minimum Gasteiger partial charge on any atom is -0.481 e. The van der Waals surface area contributed by atoms with Crippen molar-refractivity contribution in [1.82, 2.24) is 4.90 Å². The van der Waals surface area contributed by atoms with Crippen molar-refractivity contribution in [2.24, 2.45) is 0 Å². The molecule has 6 heteroatoms. The number of nitrogens with zero attached hydrogens (tertiary/aromatic N) is 1. The molecule has 158 valence electrons. The molecule has 0 unspecified atom stereocenters. The van der Waals surface area contributed by atoms with Crippen molar-refractivity contribution in [3.63, 3.8) is 0 Å². The Morgan fingerprint density at radius 2 is 1.81 bits per heavy atom. The predicted octanol–water partition coefficient (Wildman–Crippen LogP) is 4.32. The molecule has 0 saturated heterocycles. The van der Waals surface area contributed by atoms with E-state index in [1.165, 1.54) is 12.1 Å². The van der Waals surface area contributed by atoms with Gasteiger partial charge in [-0.15, -0.1) is 0 Å². The van der Waals surface area contributed by atoms with Crippen LogP contribution in [-0.4, -0.2) is 22.8 Å². The molecular formula is C25H23FN2O3. The molecule has 0 spiro atoms. The van der Waals surface area contributed by atoms with Gasteiger partial charge in [0.15, 0.2) is 6.10 Å². The molecule has 1 atom stereocenters. The number of anilines is 1. The van der Waals surface area contributed by atoms with E-state index in [0.29, 0.717) is 24.5 Å². The maximum Gasteiger partial charge on any atom is 0.263 e. The second kappa shape index (κ2) is 9.00. The van der Waals surface area contributed by atoms with Gasteiger partial charge in [-0.25, -0.2) is 4.39 Å². The summed E-state index contributed by atoms with van der Waals surface area (Å²) in [5.41, 5.74) is 3.21. The SMILES string of the molecule is C[C@H]1Oc2ccc(NC(=O)Cc3ccccc3)cc2CN(Cc2ccc(F)cc2)C1=O. The van der Waals surface area contributed by atoms with Crippen LogP contribution in [0.25, 0.3) is 0 Å². The number of halogens is 1. The van der Waals surface area contributed by atoms with E-state index >= 15 is 0 Å². The summed E-state index contributed by atoms with van der Waals surface area (Å²) >= 11 is 0. The fourth-order valence-electron chi connectivity index (χ4n) is 3.61. The molecule has 3 aromatic carbocycles. The summed E-state index contributed by atoms with van der Waals surface area (Å²) in [7, 11) is 0. The molecule has 4 rings (SSSR count). The van der Waals surface area contributed by atoms with E-state index in [0.717, 1.165) is 16.7 Å². The number of benzene rings is 3. The number of hydrogen-bond acceptors (Lipinski definition) is 3. The molecule has 0 aromatic heterocycles. The first kappa shape index (κ1) is 20.6. The molecule has 0 saturated carbocycles. The third-order valence-electron chi connectivity index (χ3n) is 5.16. The number of rotatable bonds is 5. The van der Waals surface area contributed by atoms with Crippen LogP contribution in [0, 0.1) is 5.82 Å². The van der Waals surface area contributed by atoms with Crippen LogP contribution >= 0.6 is 0 Å². The lowest BCUT2D eigenvalue weighted by molar-refractivity contribution is -0.138. The molecule has 0 bridgehead atoms. The molecule has 0 radical (unpaired) electrons. The van der Waals surface area contributed by atoms with Gasteiger partial charge < -0.3 is 15.0 Å². The number of ether oxygens (including phenoxy) is 1. The lowest BCUT2D eigenvalue weighted by atomic mass is 10.1. The number of fused-ring (bicyclic) bond motifs is 1. The van der Waals surface area contributed by atoms with Gasteiger partial charge in [-0.3, -0.25) is 9.59 Å². The molecule has 0 aliphatic carbocycles. The molecule has 1 N–H and O–H groups in total. The van der Waals surface area contributed by atoms with Crippen molar-refractivity contribution < 1.29 is 18.7 Å². The van der Waals surface area contributed by atoms with Gasteiger partial charge in [-0.05, 0) is 48.4 Å². The maximum atomic E-state index is 13.2. The molecule has 0 fully saturated rings. The highest BCUT2D eigenvalue weighted by Crippen LogP contribution is 2.29. The molecule has 5 nitrogen and oxygen atoms in total. The number of nitrogens with one attached hydrogen (secondary N) is 1. The third-order valence-corrected chi connectivity index (χ3v) is 5.16. The summed E-state index contributed by atoms with van der Waals surface area (Å²) in [6.07, 6.45) is -0.360. The normalized spacial score (nSPS) is 15.6. The average molecular weight is 418 g/mol. The zero-order valence-electron chi connectivity index (χ0n) is 17.2. The quantitative estimate of drug-likeness (QED) is 0.672. The monoisotopic (exact) mass is 418 g/mol. The van der Waals surface area contributed by atoms with Gasteiger partial charge in [-0.2, -0.15) is 0 Å². The van der Waals surface area contributed by atoms with E-state index < -0.39 is 6.10 Å². The molecule has 1 heterocycles. The third kappa shape index (κ3) is 5.09. The summed E-state index contributed by atoms with van der Waals surface area (Å²) in [6.45, 7) is 2.39. The number of carbonyl (C=O) groups is 2. The number of carbonyl (C=O) groups excluding carboxylic acids is 2. The van der Waals surface area contributed by atoms with E-state index in [1.807, 2.05) is 36.4 Å². The Bertz CT molecular complexity index is 1080. The molecule has 1 aliphatic rings. The van der Waals surface area contributed by atoms with Gasteiger partial charge in [0.05, 0.1) is 6.42 Å². The first-order valence-corrected chi connectivity index (χ1v) is 10.1. The highest BCUT2D eigenvalue weighted by molar-refractivity contribution is 5.92. The molecule has 3 aromatic rings. The molecular weight excluding hydrogens is 395 g/mol. The minimum atomic E-state index is -0.639. The first-order valence-electron chi connectivity index (χ1n) is 10.1. The lowest BCUT2D eigenvalue weighted by Gasteiger charge is -2.22. The fraction of sp³-hybridized carbons (Fsp3) is 0.200. The van der Waals surface area contributed by atoms with Gasteiger partial charge in [0, 0.05) is 24.3 Å². The zero-order chi connectivity index (χ0) is 21.8. The van der Waals surface area contributed by atoms with Crippen LogP contribution < -0.4 is 10.1 Å². The van der Waals surface area contributed by atoms with Crippen molar-refractivity contribution in [3.8, 4) is 5.75 Å². The predicted molar refractivity (Wildman–Crippen MR) is 116 cm³/mol. The van der Waals surface area contributed by atoms with Gasteiger partial charge in [0.25, 0.3) is 5.91 Å². The van der Waals surface area contributed by atoms with Gasteiger partial charge in [0.1, 0.15) is 11.6 Å². The second-order valence-corrected chi connectivity index (χ2v) is 7.61.